The van der Waals surface area contributed by atoms with Gasteiger partial charge in [0.25, 0.3) is 0 Å². The number of fused-ring (bicyclic) bond motifs is 1. The van der Waals surface area contributed by atoms with Crippen LogP contribution in [0.3, 0.4) is 0 Å². The molecule has 0 saturated carbocycles. The molecule has 24 heavy (non-hydrogen) atoms. The highest BCUT2D eigenvalue weighted by molar-refractivity contribution is 5.84. The quantitative estimate of drug-likeness (QED) is 0.794. The standard InChI is InChI=1S/C20H21NO3/c22-19(11-14-5-1-2-6-14)21-18(13-20(23)24)17-10-9-15-7-3-4-8-16(15)12-17/h1,3-5,7-10,12,14,18H,2,6,11,13H2,(H,21,22)(H,23,24)/t14?,18-/m0/s1. The van der Waals surface area contributed by atoms with Crippen molar-refractivity contribution in [3.8, 4) is 0 Å². The second-order valence-corrected chi connectivity index (χ2v) is 6.29. The van der Waals surface area contributed by atoms with Crippen LogP contribution in [0, 0.1) is 5.92 Å². The van der Waals surface area contributed by atoms with Gasteiger partial charge in [0.05, 0.1) is 12.5 Å². The lowest BCUT2D eigenvalue weighted by Gasteiger charge is -2.19. The van der Waals surface area contributed by atoms with Crippen LogP contribution in [0.15, 0.2) is 54.6 Å². The molecule has 2 aromatic rings. The number of benzene rings is 2. The molecule has 2 atom stereocenters. The number of amides is 1. The van der Waals surface area contributed by atoms with Crippen LogP contribution in [0.5, 0.6) is 0 Å². The Morgan fingerprint density at radius 1 is 1.17 bits per heavy atom. The van der Waals surface area contributed by atoms with E-state index in [9.17, 15) is 14.7 Å². The molecule has 124 valence electrons. The second-order valence-electron chi connectivity index (χ2n) is 6.29. The molecule has 0 spiro atoms. The number of carbonyl (C=O) groups is 2. The smallest absolute Gasteiger partial charge is 0.305 e. The number of hydrogen-bond acceptors (Lipinski definition) is 2. The maximum Gasteiger partial charge on any atom is 0.305 e. The molecule has 1 aliphatic carbocycles. The minimum atomic E-state index is -0.922. The van der Waals surface area contributed by atoms with Crippen molar-refractivity contribution in [3.05, 3.63) is 60.2 Å². The van der Waals surface area contributed by atoms with Gasteiger partial charge in [0, 0.05) is 6.42 Å². The van der Waals surface area contributed by atoms with Crippen molar-refractivity contribution in [1.29, 1.82) is 0 Å². The number of allylic oxidation sites excluding steroid dienone is 2. The lowest BCUT2D eigenvalue weighted by atomic mass is 9.98. The fourth-order valence-electron chi connectivity index (χ4n) is 3.21. The molecular weight excluding hydrogens is 302 g/mol. The molecule has 1 unspecified atom stereocenters. The highest BCUT2D eigenvalue weighted by Crippen LogP contribution is 2.24. The predicted molar refractivity (Wildman–Crippen MR) is 93.6 cm³/mol. The summed E-state index contributed by atoms with van der Waals surface area (Å²) in [6.07, 6.45) is 6.47. The molecular formula is C20H21NO3. The topological polar surface area (TPSA) is 66.4 Å². The molecule has 0 aromatic heterocycles. The Balaban J connectivity index is 1.77. The summed E-state index contributed by atoms with van der Waals surface area (Å²) in [4.78, 5) is 23.5. The van der Waals surface area contributed by atoms with Crippen molar-refractivity contribution in [1.82, 2.24) is 5.32 Å². The number of aliphatic carboxylic acids is 1. The first-order valence-electron chi connectivity index (χ1n) is 8.28. The number of carboxylic acids is 1. The minimum Gasteiger partial charge on any atom is -0.481 e. The summed E-state index contributed by atoms with van der Waals surface area (Å²) in [7, 11) is 0. The van der Waals surface area contributed by atoms with Gasteiger partial charge in [-0.25, -0.2) is 0 Å². The van der Waals surface area contributed by atoms with E-state index < -0.39 is 12.0 Å². The monoisotopic (exact) mass is 323 g/mol. The van der Waals surface area contributed by atoms with Gasteiger partial charge >= 0.3 is 5.97 Å². The van der Waals surface area contributed by atoms with E-state index in [0.29, 0.717) is 6.42 Å². The van der Waals surface area contributed by atoms with Crippen LogP contribution in [-0.2, 0) is 9.59 Å². The van der Waals surface area contributed by atoms with Gasteiger partial charge in [0.2, 0.25) is 5.91 Å². The highest BCUT2D eigenvalue weighted by Gasteiger charge is 2.21. The Labute approximate surface area is 141 Å². The molecule has 0 radical (unpaired) electrons. The summed E-state index contributed by atoms with van der Waals surface area (Å²) in [5.74, 6) is -0.743. The van der Waals surface area contributed by atoms with Crippen LogP contribution in [-0.4, -0.2) is 17.0 Å². The van der Waals surface area contributed by atoms with E-state index in [-0.39, 0.29) is 18.2 Å². The number of carbonyl (C=O) groups excluding carboxylic acids is 1. The molecule has 0 saturated heterocycles. The van der Waals surface area contributed by atoms with Gasteiger partial charge in [-0.3, -0.25) is 9.59 Å². The zero-order chi connectivity index (χ0) is 16.9. The van der Waals surface area contributed by atoms with Crippen LogP contribution < -0.4 is 5.32 Å². The normalized spacial score (nSPS) is 17.8. The molecule has 4 heteroatoms. The molecule has 0 heterocycles. The fourth-order valence-corrected chi connectivity index (χ4v) is 3.21. The van der Waals surface area contributed by atoms with E-state index in [1.807, 2.05) is 42.5 Å². The molecule has 1 amide bonds. The molecule has 4 nitrogen and oxygen atoms in total. The van der Waals surface area contributed by atoms with Gasteiger partial charge in [0.15, 0.2) is 0 Å². The summed E-state index contributed by atoms with van der Waals surface area (Å²) in [6.45, 7) is 0. The summed E-state index contributed by atoms with van der Waals surface area (Å²) in [5.41, 5.74) is 0.825. The Hall–Kier alpha value is -2.62. The average molecular weight is 323 g/mol. The largest absolute Gasteiger partial charge is 0.481 e. The van der Waals surface area contributed by atoms with Gasteiger partial charge in [-0.05, 0) is 41.2 Å². The van der Waals surface area contributed by atoms with E-state index >= 15 is 0 Å². The molecule has 2 N–H and O–H groups in total. The lowest BCUT2D eigenvalue weighted by Crippen LogP contribution is -2.31. The Morgan fingerprint density at radius 2 is 1.96 bits per heavy atom. The summed E-state index contributed by atoms with van der Waals surface area (Å²) >= 11 is 0. The summed E-state index contributed by atoms with van der Waals surface area (Å²) in [5, 5.41) is 14.2. The molecule has 3 rings (SSSR count). The zero-order valence-electron chi connectivity index (χ0n) is 13.4. The molecule has 0 aliphatic heterocycles. The predicted octanol–water partition coefficient (Wildman–Crippen LogP) is 3.83. The second kappa shape index (κ2) is 7.30. The first-order chi connectivity index (χ1) is 11.6. The third-order valence-corrected chi connectivity index (χ3v) is 4.45. The lowest BCUT2D eigenvalue weighted by molar-refractivity contribution is -0.137. The van der Waals surface area contributed by atoms with Crippen LogP contribution in [0.25, 0.3) is 10.8 Å². The van der Waals surface area contributed by atoms with Gasteiger partial charge in [0.1, 0.15) is 0 Å². The number of nitrogens with one attached hydrogen (secondary N) is 1. The van der Waals surface area contributed by atoms with Crippen molar-refractivity contribution in [3.63, 3.8) is 0 Å². The molecule has 1 aliphatic rings. The average Bonchev–Trinajstić information content (AvgIpc) is 3.06. The van der Waals surface area contributed by atoms with Crippen molar-refractivity contribution in [2.24, 2.45) is 5.92 Å². The number of carboxylic acid groups (broad SMARTS) is 1. The van der Waals surface area contributed by atoms with Crippen LogP contribution in [0.4, 0.5) is 0 Å². The zero-order valence-corrected chi connectivity index (χ0v) is 13.4. The Bertz CT molecular complexity index is 781. The fraction of sp³-hybridized carbons (Fsp3) is 0.300. The number of rotatable bonds is 6. The third-order valence-electron chi connectivity index (χ3n) is 4.45. The maximum atomic E-state index is 12.3. The summed E-state index contributed by atoms with van der Waals surface area (Å²) in [6, 6.07) is 13.2. The maximum absolute atomic E-state index is 12.3. The first-order valence-corrected chi connectivity index (χ1v) is 8.28. The van der Waals surface area contributed by atoms with Crippen molar-refractivity contribution in [2.45, 2.75) is 31.7 Å². The molecule has 2 aromatic carbocycles. The van der Waals surface area contributed by atoms with Crippen molar-refractivity contribution in [2.75, 3.05) is 0 Å². The highest BCUT2D eigenvalue weighted by atomic mass is 16.4. The van der Waals surface area contributed by atoms with Gasteiger partial charge in [-0.1, -0.05) is 48.6 Å². The summed E-state index contributed by atoms with van der Waals surface area (Å²) < 4.78 is 0. The van der Waals surface area contributed by atoms with Crippen molar-refractivity contribution >= 4 is 22.6 Å². The van der Waals surface area contributed by atoms with E-state index in [1.165, 1.54) is 0 Å². The van der Waals surface area contributed by atoms with Gasteiger partial charge < -0.3 is 10.4 Å². The van der Waals surface area contributed by atoms with Crippen LogP contribution in [0.1, 0.15) is 37.3 Å². The van der Waals surface area contributed by atoms with Gasteiger partial charge in [-0.15, -0.1) is 0 Å². The first kappa shape index (κ1) is 16.2. The third kappa shape index (κ3) is 4.02. The van der Waals surface area contributed by atoms with Crippen molar-refractivity contribution < 1.29 is 14.7 Å². The van der Waals surface area contributed by atoms with E-state index in [4.69, 9.17) is 0 Å². The Morgan fingerprint density at radius 3 is 2.67 bits per heavy atom. The molecule has 0 fully saturated rings. The van der Waals surface area contributed by atoms with Gasteiger partial charge in [-0.2, -0.15) is 0 Å². The van der Waals surface area contributed by atoms with Crippen LogP contribution >= 0.6 is 0 Å². The minimum absolute atomic E-state index is 0.0917. The molecule has 0 bridgehead atoms. The van der Waals surface area contributed by atoms with E-state index in [0.717, 1.165) is 29.2 Å². The Kier molecular flexibility index (Phi) is 4.94. The SMILES string of the molecule is O=C(O)C[C@H](NC(=O)CC1C=CCC1)c1ccc2ccccc2c1. The van der Waals surface area contributed by atoms with E-state index in [1.54, 1.807) is 0 Å². The number of hydrogen-bond donors (Lipinski definition) is 2. The van der Waals surface area contributed by atoms with Crippen LogP contribution in [0.2, 0.25) is 0 Å². The van der Waals surface area contributed by atoms with E-state index in [2.05, 4.69) is 17.5 Å².